The molecule has 1 aromatic rings. The van der Waals surface area contributed by atoms with Crippen LogP contribution < -0.4 is 5.32 Å². The molecule has 0 bridgehead atoms. The van der Waals surface area contributed by atoms with Crippen LogP contribution in [0.15, 0.2) is 18.2 Å². The average molecular weight is 376 g/mol. The van der Waals surface area contributed by atoms with Gasteiger partial charge in [-0.2, -0.15) is 0 Å². The molecule has 1 rings (SSSR count). The Hall–Kier alpha value is -1.31. The van der Waals surface area contributed by atoms with E-state index >= 15 is 0 Å². The molecule has 0 saturated heterocycles. The van der Waals surface area contributed by atoms with Crippen LogP contribution in [0.1, 0.15) is 17.3 Å². The lowest BCUT2D eigenvalue weighted by Crippen LogP contribution is -2.37. The number of carbonyl (C=O) groups is 2. The van der Waals surface area contributed by atoms with Crippen molar-refractivity contribution in [1.82, 2.24) is 10.2 Å². The molecule has 0 spiro atoms. The molecular weight excluding hydrogens is 359 g/mol. The van der Waals surface area contributed by atoms with Crippen LogP contribution in [-0.4, -0.2) is 42.5 Å². The first kappa shape index (κ1) is 15.7. The lowest BCUT2D eigenvalue weighted by Gasteiger charge is -2.21. The van der Waals surface area contributed by atoms with Gasteiger partial charge in [-0.25, -0.2) is 0 Å². The van der Waals surface area contributed by atoms with Crippen molar-refractivity contribution in [1.29, 1.82) is 0 Å². The lowest BCUT2D eigenvalue weighted by atomic mass is 10.1. The Morgan fingerprint density at radius 2 is 2.11 bits per heavy atom. The Balaban J connectivity index is 2.82. The Bertz CT molecular complexity index is 491. The Kier molecular flexibility index (Phi) is 5.59. The van der Waals surface area contributed by atoms with Gasteiger partial charge >= 0.3 is 0 Å². The first-order chi connectivity index (χ1) is 8.86. The Morgan fingerprint density at radius 3 is 2.68 bits per heavy atom. The largest absolute Gasteiger partial charge is 0.507 e. The highest BCUT2D eigenvalue weighted by Gasteiger charge is 2.20. The van der Waals surface area contributed by atoms with Gasteiger partial charge in [-0.15, -0.1) is 0 Å². The first-order valence-electron chi connectivity index (χ1n) is 5.82. The zero-order valence-electron chi connectivity index (χ0n) is 11.1. The highest BCUT2D eigenvalue weighted by atomic mass is 127. The number of rotatable bonds is 4. The third-order valence-corrected chi connectivity index (χ3v) is 3.45. The van der Waals surface area contributed by atoms with Gasteiger partial charge in [-0.1, -0.05) is 6.92 Å². The Morgan fingerprint density at radius 1 is 1.47 bits per heavy atom. The molecule has 6 heteroatoms. The molecule has 0 fully saturated rings. The van der Waals surface area contributed by atoms with Gasteiger partial charge in [0.25, 0.3) is 5.91 Å². The van der Waals surface area contributed by atoms with E-state index in [-0.39, 0.29) is 29.0 Å². The maximum Gasteiger partial charge on any atom is 0.257 e. The number of aromatic hydroxyl groups is 1. The zero-order valence-corrected chi connectivity index (χ0v) is 13.3. The van der Waals surface area contributed by atoms with Crippen LogP contribution >= 0.6 is 22.6 Å². The van der Waals surface area contributed by atoms with E-state index in [4.69, 9.17) is 0 Å². The summed E-state index contributed by atoms with van der Waals surface area (Å²) >= 11 is 2.07. The predicted molar refractivity (Wildman–Crippen MR) is 81.0 cm³/mol. The minimum atomic E-state index is -0.302. The van der Waals surface area contributed by atoms with Crippen molar-refractivity contribution in [3.8, 4) is 5.75 Å². The number of nitrogens with zero attached hydrogens (tertiary/aromatic N) is 1. The zero-order chi connectivity index (χ0) is 14.6. The number of hydrogen-bond donors (Lipinski definition) is 2. The van der Waals surface area contributed by atoms with Crippen LogP contribution in [-0.2, 0) is 4.79 Å². The number of hydrogen-bond acceptors (Lipinski definition) is 3. The summed E-state index contributed by atoms with van der Waals surface area (Å²) in [7, 11) is 3.17. The Labute approximate surface area is 126 Å². The maximum atomic E-state index is 12.2. The van der Waals surface area contributed by atoms with E-state index in [9.17, 15) is 14.7 Å². The molecule has 5 nitrogen and oxygen atoms in total. The van der Waals surface area contributed by atoms with Crippen LogP contribution in [0.4, 0.5) is 0 Å². The molecule has 1 unspecified atom stereocenters. The number of phenolic OH excluding ortho intramolecular Hbond substituents is 1. The molecule has 19 heavy (non-hydrogen) atoms. The first-order valence-corrected chi connectivity index (χ1v) is 6.90. The quantitative estimate of drug-likeness (QED) is 0.782. The molecule has 2 amide bonds. The fraction of sp³-hybridized carbons (Fsp3) is 0.385. The van der Waals surface area contributed by atoms with Crippen molar-refractivity contribution in [2.24, 2.45) is 5.92 Å². The summed E-state index contributed by atoms with van der Waals surface area (Å²) in [5.74, 6) is -0.771. The van der Waals surface area contributed by atoms with Crippen LogP contribution in [0.25, 0.3) is 0 Å². The molecule has 0 aromatic heterocycles. The van der Waals surface area contributed by atoms with Crippen LogP contribution in [0, 0.1) is 9.49 Å². The van der Waals surface area contributed by atoms with Crippen molar-refractivity contribution in [2.75, 3.05) is 20.6 Å². The van der Waals surface area contributed by atoms with Crippen molar-refractivity contribution < 1.29 is 14.7 Å². The molecule has 0 heterocycles. The van der Waals surface area contributed by atoms with Gasteiger partial charge in [0.2, 0.25) is 5.91 Å². The highest BCUT2D eigenvalue weighted by molar-refractivity contribution is 14.1. The summed E-state index contributed by atoms with van der Waals surface area (Å²) in [6, 6.07) is 4.84. The molecular formula is C13H17IN2O3. The lowest BCUT2D eigenvalue weighted by molar-refractivity contribution is -0.124. The molecule has 0 saturated carbocycles. The summed E-state index contributed by atoms with van der Waals surface area (Å²) in [5, 5.41) is 12.3. The van der Waals surface area contributed by atoms with Crippen LogP contribution in [0.5, 0.6) is 5.75 Å². The number of halogens is 1. The van der Waals surface area contributed by atoms with Gasteiger partial charge in [0.05, 0.1) is 11.5 Å². The minimum Gasteiger partial charge on any atom is -0.507 e. The third-order valence-electron chi connectivity index (χ3n) is 2.78. The second kappa shape index (κ2) is 6.74. The molecule has 0 aliphatic rings. The molecule has 1 aromatic carbocycles. The van der Waals surface area contributed by atoms with E-state index in [2.05, 4.69) is 27.9 Å². The van der Waals surface area contributed by atoms with Gasteiger partial charge in [0.1, 0.15) is 5.75 Å². The van der Waals surface area contributed by atoms with Gasteiger partial charge in [0, 0.05) is 24.2 Å². The molecule has 0 aliphatic carbocycles. The average Bonchev–Trinajstić information content (AvgIpc) is 2.39. The number of amides is 2. The molecule has 2 N–H and O–H groups in total. The monoisotopic (exact) mass is 376 g/mol. The van der Waals surface area contributed by atoms with Gasteiger partial charge in [-0.3, -0.25) is 9.59 Å². The van der Waals surface area contributed by atoms with Gasteiger partial charge in [0.15, 0.2) is 0 Å². The summed E-state index contributed by atoms with van der Waals surface area (Å²) in [6.45, 7) is 2.04. The van der Waals surface area contributed by atoms with Crippen molar-refractivity contribution in [3.05, 3.63) is 27.3 Å². The van der Waals surface area contributed by atoms with E-state index in [1.807, 2.05) is 0 Å². The standard InChI is InChI=1S/C13H17IN2O3/c1-8(12(18)15-2)7-16(3)13(19)10-6-9(14)4-5-11(10)17/h4-6,8,17H,7H2,1-3H3,(H,15,18). The highest BCUT2D eigenvalue weighted by Crippen LogP contribution is 2.21. The molecule has 0 aliphatic heterocycles. The maximum absolute atomic E-state index is 12.2. The van der Waals surface area contributed by atoms with E-state index in [0.29, 0.717) is 6.54 Å². The summed E-state index contributed by atoms with van der Waals surface area (Å²) < 4.78 is 0.867. The van der Waals surface area contributed by atoms with E-state index < -0.39 is 0 Å². The van der Waals surface area contributed by atoms with Crippen molar-refractivity contribution in [3.63, 3.8) is 0 Å². The molecule has 0 radical (unpaired) electrons. The topological polar surface area (TPSA) is 69.6 Å². The van der Waals surface area contributed by atoms with Gasteiger partial charge < -0.3 is 15.3 Å². The minimum absolute atomic E-state index is 0.0511. The van der Waals surface area contributed by atoms with Crippen LogP contribution in [0.3, 0.4) is 0 Å². The summed E-state index contributed by atoms with van der Waals surface area (Å²) in [5.41, 5.74) is 0.249. The second-order valence-corrected chi connectivity index (χ2v) is 5.61. The molecule has 1 atom stereocenters. The third kappa shape index (κ3) is 4.09. The van der Waals surface area contributed by atoms with Crippen molar-refractivity contribution >= 4 is 34.4 Å². The summed E-state index contributed by atoms with van der Waals surface area (Å²) in [4.78, 5) is 25.1. The molecule has 104 valence electrons. The normalized spacial score (nSPS) is 11.8. The smallest absolute Gasteiger partial charge is 0.257 e. The van der Waals surface area contributed by atoms with Gasteiger partial charge in [-0.05, 0) is 40.8 Å². The fourth-order valence-electron chi connectivity index (χ4n) is 1.71. The SMILES string of the molecule is CNC(=O)C(C)CN(C)C(=O)c1cc(I)ccc1O. The van der Waals surface area contributed by atoms with Crippen molar-refractivity contribution in [2.45, 2.75) is 6.92 Å². The summed E-state index contributed by atoms with van der Waals surface area (Å²) in [6.07, 6.45) is 0. The van der Waals surface area contributed by atoms with E-state index in [0.717, 1.165) is 3.57 Å². The second-order valence-electron chi connectivity index (χ2n) is 4.36. The number of phenols is 1. The predicted octanol–water partition coefficient (Wildman–Crippen LogP) is 1.45. The fourth-order valence-corrected chi connectivity index (χ4v) is 2.20. The number of carbonyl (C=O) groups excluding carboxylic acids is 2. The number of benzene rings is 1. The van der Waals surface area contributed by atoms with Crippen LogP contribution in [0.2, 0.25) is 0 Å². The van der Waals surface area contributed by atoms with E-state index in [1.165, 1.54) is 11.0 Å². The van der Waals surface area contributed by atoms with E-state index in [1.54, 1.807) is 33.2 Å². The number of nitrogens with one attached hydrogen (secondary N) is 1.